The van der Waals surface area contributed by atoms with Crippen LogP contribution in [0.15, 0.2) is 18.2 Å². The molecular formula is C13H16N2O4S. The Morgan fingerprint density at radius 3 is 2.60 bits per heavy atom. The molecular weight excluding hydrogens is 280 g/mol. The number of nitrogens with zero attached hydrogens (tertiary/aromatic N) is 1. The fourth-order valence-electron chi connectivity index (χ4n) is 2.82. The zero-order valence-electron chi connectivity index (χ0n) is 10.9. The molecule has 1 saturated carbocycles. The van der Waals surface area contributed by atoms with Gasteiger partial charge < -0.3 is 9.92 Å². The van der Waals surface area contributed by atoms with Gasteiger partial charge in [-0.2, -0.15) is 12.7 Å². The molecule has 0 saturated heterocycles. The van der Waals surface area contributed by atoms with Crippen molar-refractivity contribution < 1.29 is 17.4 Å². The largest absolute Gasteiger partial charge is 0.412 e. The van der Waals surface area contributed by atoms with Crippen molar-refractivity contribution in [2.75, 3.05) is 5.73 Å². The molecule has 2 N–H and O–H groups in total. The van der Waals surface area contributed by atoms with Crippen LogP contribution in [-0.2, 0) is 10.3 Å². The van der Waals surface area contributed by atoms with Gasteiger partial charge in [0, 0.05) is 11.8 Å². The first kappa shape index (κ1) is 13.2. The maximum atomic E-state index is 12.5. The van der Waals surface area contributed by atoms with Gasteiger partial charge in [0.15, 0.2) is 5.75 Å². The molecule has 1 aliphatic carbocycles. The minimum atomic E-state index is -4.07. The quantitative estimate of drug-likeness (QED) is 0.796. The number of hydrogen-bond donors (Lipinski definition) is 1. The zero-order valence-corrected chi connectivity index (χ0v) is 11.7. The van der Waals surface area contributed by atoms with E-state index in [0.29, 0.717) is 18.5 Å². The molecule has 0 bridgehead atoms. The standard InChI is InChI=1S/C13H16N2O4S/c14-9-6-7-11-12(8-9)19-20(17,18)15(13(11)16)10-4-2-1-3-5-10/h6-8,10H,1-5,14H2. The summed E-state index contributed by atoms with van der Waals surface area (Å²) in [5.74, 6) is -0.500. The lowest BCUT2D eigenvalue weighted by Crippen LogP contribution is -2.49. The molecule has 1 aromatic carbocycles. The number of carbonyl (C=O) groups is 1. The molecule has 1 heterocycles. The van der Waals surface area contributed by atoms with E-state index in [0.717, 1.165) is 23.6 Å². The maximum Gasteiger partial charge on any atom is 0.412 e. The third-order valence-corrected chi connectivity index (χ3v) is 5.11. The van der Waals surface area contributed by atoms with Crippen molar-refractivity contribution in [1.82, 2.24) is 4.31 Å². The average molecular weight is 296 g/mol. The van der Waals surface area contributed by atoms with Gasteiger partial charge in [-0.3, -0.25) is 4.79 Å². The number of benzene rings is 1. The summed E-state index contributed by atoms with van der Waals surface area (Å²) in [6.45, 7) is 0. The summed E-state index contributed by atoms with van der Waals surface area (Å²) in [4.78, 5) is 12.5. The highest BCUT2D eigenvalue weighted by Gasteiger charge is 2.42. The van der Waals surface area contributed by atoms with E-state index in [2.05, 4.69) is 0 Å². The molecule has 0 spiro atoms. The minimum Gasteiger partial charge on any atom is -0.399 e. The molecule has 7 heteroatoms. The van der Waals surface area contributed by atoms with Crippen molar-refractivity contribution in [3.63, 3.8) is 0 Å². The Morgan fingerprint density at radius 2 is 1.90 bits per heavy atom. The van der Waals surface area contributed by atoms with E-state index in [1.807, 2.05) is 0 Å². The van der Waals surface area contributed by atoms with E-state index < -0.39 is 16.2 Å². The highest BCUT2D eigenvalue weighted by atomic mass is 32.2. The molecule has 1 aliphatic heterocycles. The predicted octanol–water partition coefficient (Wildman–Crippen LogP) is 1.68. The summed E-state index contributed by atoms with van der Waals surface area (Å²) in [5, 5.41) is 0. The van der Waals surface area contributed by atoms with Crippen LogP contribution in [0.5, 0.6) is 5.75 Å². The Balaban J connectivity index is 2.03. The first-order valence-corrected chi connectivity index (χ1v) is 8.03. The smallest absolute Gasteiger partial charge is 0.399 e. The number of nitrogen functional groups attached to an aromatic ring is 1. The second-order valence-corrected chi connectivity index (χ2v) is 6.60. The lowest BCUT2D eigenvalue weighted by molar-refractivity contribution is 0.0767. The van der Waals surface area contributed by atoms with Crippen molar-refractivity contribution in [3.05, 3.63) is 23.8 Å². The second kappa shape index (κ2) is 4.66. The van der Waals surface area contributed by atoms with Crippen molar-refractivity contribution in [2.45, 2.75) is 38.1 Å². The van der Waals surface area contributed by atoms with Gasteiger partial charge >= 0.3 is 10.3 Å². The predicted molar refractivity (Wildman–Crippen MR) is 73.4 cm³/mol. The van der Waals surface area contributed by atoms with Crippen LogP contribution in [0.25, 0.3) is 0 Å². The highest BCUT2D eigenvalue weighted by molar-refractivity contribution is 7.85. The van der Waals surface area contributed by atoms with Gasteiger partial charge in [-0.05, 0) is 25.0 Å². The minimum absolute atomic E-state index is 0.0158. The molecule has 20 heavy (non-hydrogen) atoms. The van der Waals surface area contributed by atoms with Crippen LogP contribution in [0.4, 0.5) is 5.69 Å². The topological polar surface area (TPSA) is 89.7 Å². The summed E-state index contributed by atoms with van der Waals surface area (Å²) in [6, 6.07) is 4.14. The van der Waals surface area contributed by atoms with Crippen LogP contribution in [0.3, 0.4) is 0 Å². The van der Waals surface area contributed by atoms with Crippen molar-refractivity contribution in [1.29, 1.82) is 0 Å². The van der Waals surface area contributed by atoms with Crippen molar-refractivity contribution in [3.8, 4) is 5.75 Å². The lowest BCUT2D eigenvalue weighted by atomic mass is 9.95. The molecule has 108 valence electrons. The third-order valence-electron chi connectivity index (χ3n) is 3.78. The van der Waals surface area contributed by atoms with Crippen LogP contribution in [0.1, 0.15) is 42.5 Å². The van der Waals surface area contributed by atoms with E-state index in [9.17, 15) is 13.2 Å². The Morgan fingerprint density at radius 1 is 1.20 bits per heavy atom. The maximum absolute atomic E-state index is 12.5. The summed E-state index contributed by atoms with van der Waals surface area (Å²) in [7, 11) is -4.07. The van der Waals surface area contributed by atoms with E-state index >= 15 is 0 Å². The molecule has 0 radical (unpaired) electrons. The van der Waals surface area contributed by atoms with Gasteiger partial charge in [-0.15, -0.1) is 0 Å². The van der Waals surface area contributed by atoms with Gasteiger partial charge in [0.25, 0.3) is 5.91 Å². The van der Waals surface area contributed by atoms with Gasteiger partial charge in [-0.1, -0.05) is 19.3 Å². The van der Waals surface area contributed by atoms with Crippen LogP contribution >= 0.6 is 0 Å². The second-order valence-electron chi connectivity index (χ2n) is 5.19. The van der Waals surface area contributed by atoms with Crippen LogP contribution < -0.4 is 9.92 Å². The first-order chi connectivity index (χ1) is 9.49. The molecule has 0 aromatic heterocycles. The number of amides is 1. The Hall–Kier alpha value is -1.76. The summed E-state index contributed by atoms with van der Waals surface area (Å²) >= 11 is 0. The molecule has 1 amide bonds. The number of anilines is 1. The normalized spacial score (nSPS) is 22.2. The number of rotatable bonds is 1. The van der Waals surface area contributed by atoms with E-state index in [1.165, 1.54) is 12.1 Å². The van der Waals surface area contributed by atoms with Gasteiger partial charge in [0.05, 0.1) is 11.6 Å². The fourth-order valence-corrected chi connectivity index (χ4v) is 4.14. The monoisotopic (exact) mass is 296 g/mol. The lowest BCUT2D eigenvalue weighted by Gasteiger charge is -2.35. The van der Waals surface area contributed by atoms with Crippen LogP contribution in [-0.4, -0.2) is 24.7 Å². The first-order valence-electron chi connectivity index (χ1n) is 6.67. The number of hydrogen-bond acceptors (Lipinski definition) is 5. The average Bonchev–Trinajstić information content (AvgIpc) is 2.38. The number of fused-ring (bicyclic) bond motifs is 1. The number of carbonyl (C=O) groups excluding carboxylic acids is 1. The molecule has 6 nitrogen and oxygen atoms in total. The third kappa shape index (κ3) is 2.11. The molecule has 3 rings (SSSR count). The Labute approximate surface area is 117 Å². The summed E-state index contributed by atoms with van der Waals surface area (Å²) in [5.41, 5.74) is 6.20. The van der Waals surface area contributed by atoms with Gasteiger partial charge in [0.2, 0.25) is 0 Å². The van der Waals surface area contributed by atoms with Gasteiger partial charge in [-0.25, -0.2) is 0 Å². The van der Waals surface area contributed by atoms with Gasteiger partial charge in [0.1, 0.15) is 0 Å². The fraction of sp³-hybridized carbons (Fsp3) is 0.462. The Bertz CT molecular complexity index is 650. The molecule has 1 aromatic rings. The summed E-state index contributed by atoms with van der Waals surface area (Å²) in [6.07, 6.45) is 4.32. The Kier molecular flexibility index (Phi) is 3.08. The molecule has 2 aliphatic rings. The molecule has 0 unspecified atom stereocenters. The van der Waals surface area contributed by atoms with Crippen LogP contribution in [0, 0.1) is 0 Å². The SMILES string of the molecule is Nc1ccc2c(c1)OS(=O)(=O)N(C1CCCCC1)C2=O. The van der Waals surface area contributed by atoms with E-state index in [1.54, 1.807) is 6.07 Å². The van der Waals surface area contributed by atoms with E-state index in [4.69, 9.17) is 9.92 Å². The van der Waals surface area contributed by atoms with E-state index in [-0.39, 0.29) is 17.4 Å². The molecule has 1 fully saturated rings. The number of nitrogens with two attached hydrogens (primary N) is 1. The zero-order chi connectivity index (χ0) is 14.3. The van der Waals surface area contributed by atoms with Crippen molar-refractivity contribution >= 4 is 21.9 Å². The van der Waals surface area contributed by atoms with Crippen LogP contribution in [0.2, 0.25) is 0 Å². The van der Waals surface area contributed by atoms with Crippen molar-refractivity contribution in [2.24, 2.45) is 0 Å². The highest BCUT2D eigenvalue weighted by Crippen LogP contribution is 2.35. The summed E-state index contributed by atoms with van der Waals surface area (Å²) < 4.78 is 30.4. The molecule has 0 atom stereocenters.